The molecule has 2 aliphatic heterocycles. The molecule has 2 aromatic heterocycles. The number of carbonyl (C=O) groups is 1. The van der Waals surface area contributed by atoms with Gasteiger partial charge in [0.25, 0.3) is 5.91 Å². The van der Waals surface area contributed by atoms with Crippen molar-refractivity contribution in [2.45, 2.75) is 25.0 Å². The first-order valence-corrected chi connectivity index (χ1v) is 8.34. The molecule has 0 aliphatic carbocycles. The number of fused-ring (bicyclic) bond motifs is 1. The van der Waals surface area contributed by atoms with Crippen LogP contribution in [0.5, 0.6) is 11.5 Å². The summed E-state index contributed by atoms with van der Waals surface area (Å²) in [4.78, 5) is 16.8. The highest BCUT2D eigenvalue weighted by atomic mass is 16.5. The Kier molecular flexibility index (Phi) is 4.27. The Morgan fingerprint density at radius 3 is 3.16 bits per heavy atom. The summed E-state index contributed by atoms with van der Waals surface area (Å²) < 4.78 is 18.5. The zero-order chi connectivity index (χ0) is 17.2. The Labute approximate surface area is 145 Å². The first-order chi connectivity index (χ1) is 12.2. The number of rotatable bonds is 4. The lowest BCUT2D eigenvalue weighted by atomic mass is 10.1. The number of nitrogens with one attached hydrogen (secondary N) is 1. The molecule has 4 rings (SSSR count). The first kappa shape index (κ1) is 15.9. The van der Waals surface area contributed by atoms with E-state index in [0.29, 0.717) is 31.3 Å². The quantitative estimate of drug-likeness (QED) is 0.879. The Bertz CT molecular complexity index is 776. The van der Waals surface area contributed by atoms with Crippen molar-refractivity contribution in [1.82, 2.24) is 20.1 Å². The van der Waals surface area contributed by atoms with Gasteiger partial charge in [-0.1, -0.05) is 0 Å². The Hall–Kier alpha value is -2.61. The SMILES string of the molecule is Cn1cc(O[C@@H]2COC[C@@H]2NC(=O)c2cc3c(cn2)OCCC3)cn1. The number of aromatic nitrogens is 3. The van der Waals surface area contributed by atoms with Crippen molar-refractivity contribution in [2.24, 2.45) is 7.05 Å². The average molecular weight is 344 g/mol. The number of pyridine rings is 1. The molecule has 0 saturated carbocycles. The Balaban J connectivity index is 1.42. The molecule has 1 fully saturated rings. The summed E-state index contributed by atoms with van der Waals surface area (Å²) in [5.41, 5.74) is 1.41. The number of hydrogen-bond acceptors (Lipinski definition) is 6. The van der Waals surface area contributed by atoms with E-state index in [4.69, 9.17) is 14.2 Å². The second kappa shape index (κ2) is 6.72. The topological polar surface area (TPSA) is 87.5 Å². The number of nitrogens with zero attached hydrogens (tertiary/aromatic N) is 3. The molecule has 25 heavy (non-hydrogen) atoms. The maximum Gasteiger partial charge on any atom is 0.270 e. The van der Waals surface area contributed by atoms with Crippen molar-refractivity contribution in [3.05, 3.63) is 35.9 Å². The van der Waals surface area contributed by atoms with Gasteiger partial charge in [0.15, 0.2) is 5.75 Å². The monoisotopic (exact) mass is 344 g/mol. The molecular formula is C17H20N4O4. The third kappa shape index (κ3) is 3.43. The summed E-state index contributed by atoms with van der Waals surface area (Å²) in [6.07, 6.45) is 6.64. The highest BCUT2D eigenvalue weighted by molar-refractivity contribution is 5.92. The minimum Gasteiger partial charge on any atom is -0.492 e. The third-order valence-electron chi connectivity index (χ3n) is 4.34. The van der Waals surface area contributed by atoms with Gasteiger partial charge in [0.1, 0.15) is 17.5 Å². The zero-order valence-electron chi connectivity index (χ0n) is 14.0. The molecule has 4 heterocycles. The van der Waals surface area contributed by atoms with Crippen LogP contribution in [0.2, 0.25) is 0 Å². The fourth-order valence-corrected chi connectivity index (χ4v) is 3.04. The van der Waals surface area contributed by atoms with Crippen molar-refractivity contribution < 1.29 is 19.0 Å². The largest absolute Gasteiger partial charge is 0.492 e. The van der Waals surface area contributed by atoms with E-state index in [1.54, 1.807) is 29.3 Å². The smallest absolute Gasteiger partial charge is 0.270 e. The molecule has 8 heteroatoms. The van der Waals surface area contributed by atoms with E-state index in [1.807, 2.05) is 7.05 Å². The Morgan fingerprint density at radius 2 is 2.32 bits per heavy atom. The molecule has 0 bridgehead atoms. The zero-order valence-corrected chi connectivity index (χ0v) is 14.0. The number of aryl methyl sites for hydroxylation is 2. The van der Waals surface area contributed by atoms with Gasteiger partial charge in [-0.2, -0.15) is 5.10 Å². The van der Waals surface area contributed by atoms with Gasteiger partial charge >= 0.3 is 0 Å². The molecule has 0 aromatic carbocycles. The average Bonchev–Trinajstić information content (AvgIpc) is 3.24. The molecule has 8 nitrogen and oxygen atoms in total. The van der Waals surface area contributed by atoms with Crippen molar-refractivity contribution >= 4 is 5.91 Å². The van der Waals surface area contributed by atoms with Crippen LogP contribution in [0, 0.1) is 0 Å². The predicted molar refractivity (Wildman–Crippen MR) is 87.8 cm³/mol. The van der Waals surface area contributed by atoms with Crippen LogP contribution in [0.15, 0.2) is 24.7 Å². The van der Waals surface area contributed by atoms with Crippen LogP contribution < -0.4 is 14.8 Å². The molecule has 0 radical (unpaired) electrons. The summed E-state index contributed by atoms with van der Waals surface area (Å²) in [6.45, 7) is 1.53. The Morgan fingerprint density at radius 1 is 1.40 bits per heavy atom. The number of ether oxygens (including phenoxy) is 3. The highest BCUT2D eigenvalue weighted by Gasteiger charge is 2.32. The van der Waals surface area contributed by atoms with Gasteiger partial charge < -0.3 is 19.5 Å². The van der Waals surface area contributed by atoms with Crippen molar-refractivity contribution in [2.75, 3.05) is 19.8 Å². The van der Waals surface area contributed by atoms with E-state index in [-0.39, 0.29) is 18.1 Å². The first-order valence-electron chi connectivity index (χ1n) is 8.34. The van der Waals surface area contributed by atoms with Crippen LogP contribution in [-0.2, 0) is 18.2 Å². The van der Waals surface area contributed by atoms with Gasteiger partial charge in [0.2, 0.25) is 0 Å². The molecule has 0 spiro atoms. The van der Waals surface area contributed by atoms with E-state index >= 15 is 0 Å². The summed E-state index contributed by atoms with van der Waals surface area (Å²) in [5.74, 6) is 1.19. The van der Waals surface area contributed by atoms with Crippen molar-refractivity contribution in [1.29, 1.82) is 0 Å². The van der Waals surface area contributed by atoms with Gasteiger partial charge in [-0.05, 0) is 24.5 Å². The van der Waals surface area contributed by atoms with Crippen LogP contribution in [0.25, 0.3) is 0 Å². The molecule has 2 atom stereocenters. The van der Waals surface area contributed by atoms with Crippen LogP contribution in [0.1, 0.15) is 22.5 Å². The summed E-state index contributed by atoms with van der Waals surface area (Å²) >= 11 is 0. The standard InChI is InChI=1S/C17H20N4O4/c1-21-8-12(6-19-21)25-16-10-23-9-14(16)20-17(22)13-5-11-3-2-4-24-15(11)7-18-13/h5-8,14,16H,2-4,9-10H2,1H3,(H,20,22)/t14-,16+/m0/s1. The van der Waals surface area contributed by atoms with Crippen LogP contribution in [-0.4, -0.2) is 52.6 Å². The lowest BCUT2D eigenvalue weighted by Crippen LogP contribution is -2.45. The van der Waals surface area contributed by atoms with Gasteiger partial charge in [0, 0.05) is 7.05 Å². The molecule has 0 unspecified atom stereocenters. The molecule has 1 N–H and O–H groups in total. The fraction of sp³-hybridized carbons (Fsp3) is 0.471. The number of carbonyl (C=O) groups excluding carboxylic acids is 1. The molecular weight excluding hydrogens is 324 g/mol. The third-order valence-corrected chi connectivity index (χ3v) is 4.34. The second-order valence-electron chi connectivity index (χ2n) is 6.25. The van der Waals surface area contributed by atoms with Gasteiger partial charge in [0.05, 0.1) is 44.5 Å². The summed E-state index contributed by atoms with van der Waals surface area (Å²) in [7, 11) is 1.82. The van der Waals surface area contributed by atoms with Gasteiger partial charge in [-0.25, -0.2) is 4.98 Å². The number of hydrogen-bond donors (Lipinski definition) is 1. The lowest BCUT2D eigenvalue weighted by molar-refractivity contribution is 0.0898. The van der Waals surface area contributed by atoms with E-state index in [1.165, 1.54) is 0 Å². The highest BCUT2D eigenvalue weighted by Crippen LogP contribution is 2.24. The molecule has 2 aromatic rings. The van der Waals surface area contributed by atoms with E-state index < -0.39 is 0 Å². The molecule has 2 aliphatic rings. The fourth-order valence-electron chi connectivity index (χ4n) is 3.04. The number of amides is 1. The van der Waals surface area contributed by atoms with E-state index in [2.05, 4.69) is 15.4 Å². The minimum absolute atomic E-state index is 0.233. The van der Waals surface area contributed by atoms with Gasteiger partial charge in [-0.3, -0.25) is 9.48 Å². The van der Waals surface area contributed by atoms with Crippen molar-refractivity contribution in [3.8, 4) is 11.5 Å². The maximum absolute atomic E-state index is 12.5. The van der Waals surface area contributed by atoms with Crippen LogP contribution in [0.4, 0.5) is 0 Å². The van der Waals surface area contributed by atoms with Crippen molar-refractivity contribution in [3.63, 3.8) is 0 Å². The minimum atomic E-state index is -0.255. The predicted octanol–water partition coefficient (Wildman–Crippen LogP) is 0.716. The van der Waals surface area contributed by atoms with E-state index in [0.717, 1.165) is 24.2 Å². The van der Waals surface area contributed by atoms with E-state index in [9.17, 15) is 4.79 Å². The van der Waals surface area contributed by atoms with Gasteiger partial charge in [-0.15, -0.1) is 0 Å². The second-order valence-corrected chi connectivity index (χ2v) is 6.25. The maximum atomic E-state index is 12.5. The van der Waals surface area contributed by atoms with Crippen LogP contribution in [0.3, 0.4) is 0 Å². The summed E-state index contributed by atoms with van der Waals surface area (Å²) in [6, 6.07) is 1.57. The molecule has 1 saturated heterocycles. The lowest BCUT2D eigenvalue weighted by Gasteiger charge is -2.20. The molecule has 1 amide bonds. The summed E-state index contributed by atoms with van der Waals surface area (Å²) in [5, 5.41) is 7.03. The van der Waals surface area contributed by atoms with Crippen LogP contribution >= 0.6 is 0 Å². The normalized spacial score (nSPS) is 22.1. The molecule has 132 valence electrons.